The molecule has 0 bridgehead atoms. The summed E-state index contributed by atoms with van der Waals surface area (Å²) in [5, 5.41) is 12.5. The highest BCUT2D eigenvalue weighted by atomic mass is 19.1. The number of halogens is 2. The van der Waals surface area contributed by atoms with Crippen molar-refractivity contribution >= 4 is 11.7 Å². The first-order chi connectivity index (χ1) is 8.45. The molecular weight excluding hydrogens is 244 g/mol. The van der Waals surface area contributed by atoms with Crippen LogP contribution in [0.1, 0.15) is 16.1 Å². The molecule has 0 saturated heterocycles. The highest BCUT2D eigenvalue weighted by Gasteiger charge is 2.13. The van der Waals surface area contributed by atoms with Crippen LogP contribution in [0.2, 0.25) is 0 Å². The molecular formula is C11H9F2N3O2. The molecule has 5 nitrogen and oxygen atoms in total. The van der Waals surface area contributed by atoms with Crippen molar-refractivity contribution in [1.82, 2.24) is 9.78 Å². The zero-order valence-corrected chi connectivity index (χ0v) is 9.10. The molecule has 1 aromatic heterocycles. The normalized spacial score (nSPS) is 10.6. The van der Waals surface area contributed by atoms with Crippen molar-refractivity contribution in [2.45, 2.75) is 6.54 Å². The summed E-state index contributed by atoms with van der Waals surface area (Å²) in [5.74, 6) is -2.66. The molecule has 3 N–H and O–H groups in total. The van der Waals surface area contributed by atoms with E-state index in [0.717, 1.165) is 18.2 Å². The lowest BCUT2D eigenvalue weighted by molar-refractivity contribution is 0.0690. The fraction of sp³-hybridized carbons (Fsp3) is 0.0909. The van der Waals surface area contributed by atoms with Gasteiger partial charge in [-0.1, -0.05) is 0 Å². The fourth-order valence-corrected chi connectivity index (χ4v) is 1.57. The maximum Gasteiger partial charge on any atom is 0.358 e. The quantitative estimate of drug-likeness (QED) is 0.868. The smallest absolute Gasteiger partial charge is 0.358 e. The zero-order valence-electron chi connectivity index (χ0n) is 9.10. The molecule has 0 aliphatic carbocycles. The van der Waals surface area contributed by atoms with Crippen molar-refractivity contribution in [2.24, 2.45) is 0 Å². The Labute approximate surface area is 100 Å². The van der Waals surface area contributed by atoms with Crippen LogP contribution in [-0.4, -0.2) is 20.9 Å². The topological polar surface area (TPSA) is 81.1 Å². The molecule has 2 rings (SSSR count). The first kappa shape index (κ1) is 12.0. The van der Waals surface area contributed by atoms with Gasteiger partial charge in [0.05, 0.1) is 12.2 Å². The molecule has 0 fully saturated rings. The number of carboxylic acid groups (broad SMARTS) is 1. The van der Waals surface area contributed by atoms with Crippen LogP contribution in [0.3, 0.4) is 0 Å². The van der Waals surface area contributed by atoms with Crippen LogP contribution in [0.25, 0.3) is 0 Å². The second-order valence-electron chi connectivity index (χ2n) is 3.71. The van der Waals surface area contributed by atoms with Crippen LogP contribution in [0.5, 0.6) is 0 Å². The zero-order chi connectivity index (χ0) is 13.3. The minimum Gasteiger partial charge on any atom is -0.476 e. The minimum atomic E-state index is -1.25. The Bertz CT molecular complexity index is 590. The number of aromatic carboxylic acids is 1. The van der Waals surface area contributed by atoms with Gasteiger partial charge < -0.3 is 10.8 Å². The number of nitrogens with zero attached hydrogens (tertiary/aromatic N) is 2. The molecule has 0 radical (unpaired) electrons. The van der Waals surface area contributed by atoms with Gasteiger partial charge in [-0.3, -0.25) is 4.68 Å². The van der Waals surface area contributed by atoms with E-state index in [1.165, 1.54) is 10.9 Å². The summed E-state index contributed by atoms with van der Waals surface area (Å²) in [5.41, 5.74) is 5.48. The van der Waals surface area contributed by atoms with Gasteiger partial charge in [0.1, 0.15) is 11.6 Å². The van der Waals surface area contributed by atoms with E-state index in [9.17, 15) is 13.6 Å². The molecule has 0 saturated carbocycles. The SMILES string of the molecule is Nc1cn(Cc2cc(F)cc(F)c2)nc1C(=O)O. The number of anilines is 1. The number of carbonyl (C=O) groups is 1. The van der Waals surface area contributed by atoms with E-state index >= 15 is 0 Å². The van der Waals surface area contributed by atoms with Crippen LogP contribution < -0.4 is 5.73 Å². The van der Waals surface area contributed by atoms with Gasteiger partial charge in [0, 0.05) is 12.3 Å². The maximum atomic E-state index is 13.0. The second-order valence-corrected chi connectivity index (χ2v) is 3.71. The summed E-state index contributed by atoms with van der Waals surface area (Å²) in [6.07, 6.45) is 1.30. The van der Waals surface area contributed by atoms with Crippen LogP contribution in [-0.2, 0) is 6.54 Å². The van der Waals surface area contributed by atoms with Crippen molar-refractivity contribution in [1.29, 1.82) is 0 Å². The van der Waals surface area contributed by atoms with E-state index in [1.807, 2.05) is 0 Å². The first-order valence-electron chi connectivity index (χ1n) is 4.97. The van der Waals surface area contributed by atoms with E-state index < -0.39 is 17.6 Å². The standard InChI is InChI=1S/C11H9F2N3O2/c12-7-1-6(2-8(13)3-7)4-16-5-9(14)10(15-16)11(17)18/h1-3,5H,4,14H2,(H,17,18). The van der Waals surface area contributed by atoms with Gasteiger partial charge in [0.25, 0.3) is 0 Å². The van der Waals surface area contributed by atoms with Crippen molar-refractivity contribution in [3.63, 3.8) is 0 Å². The first-order valence-corrected chi connectivity index (χ1v) is 4.97. The molecule has 1 heterocycles. The van der Waals surface area contributed by atoms with E-state index in [1.54, 1.807) is 0 Å². The summed E-state index contributed by atoms with van der Waals surface area (Å²) < 4.78 is 27.1. The molecule has 1 aromatic carbocycles. The molecule has 2 aromatic rings. The van der Waals surface area contributed by atoms with Crippen molar-refractivity contribution < 1.29 is 18.7 Å². The van der Waals surface area contributed by atoms with Crippen molar-refractivity contribution in [2.75, 3.05) is 5.73 Å². The average Bonchev–Trinajstić information content (AvgIpc) is 2.57. The predicted molar refractivity (Wildman–Crippen MR) is 59.1 cm³/mol. The van der Waals surface area contributed by atoms with Crippen LogP contribution in [0.4, 0.5) is 14.5 Å². The molecule has 7 heteroatoms. The Morgan fingerprint density at radius 2 is 1.94 bits per heavy atom. The third kappa shape index (κ3) is 2.45. The Morgan fingerprint density at radius 1 is 1.33 bits per heavy atom. The van der Waals surface area contributed by atoms with E-state index in [-0.39, 0.29) is 17.9 Å². The van der Waals surface area contributed by atoms with Gasteiger partial charge in [-0.05, 0) is 17.7 Å². The number of benzene rings is 1. The van der Waals surface area contributed by atoms with Crippen molar-refractivity contribution in [3.05, 3.63) is 47.3 Å². The van der Waals surface area contributed by atoms with E-state index in [2.05, 4.69) is 5.10 Å². The molecule has 0 spiro atoms. The average molecular weight is 253 g/mol. The summed E-state index contributed by atoms with van der Waals surface area (Å²) in [4.78, 5) is 10.7. The minimum absolute atomic E-state index is 0.000579. The van der Waals surface area contributed by atoms with Gasteiger partial charge in [-0.2, -0.15) is 5.10 Å². The highest BCUT2D eigenvalue weighted by Crippen LogP contribution is 2.13. The Balaban J connectivity index is 2.28. The van der Waals surface area contributed by atoms with Gasteiger partial charge in [-0.15, -0.1) is 0 Å². The summed E-state index contributed by atoms with van der Waals surface area (Å²) in [7, 11) is 0. The van der Waals surface area contributed by atoms with Crippen LogP contribution in [0.15, 0.2) is 24.4 Å². The number of aromatic nitrogens is 2. The molecule has 0 aliphatic heterocycles. The highest BCUT2D eigenvalue weighted by molar-refractivity contribution is 5.91. The number of hydrogen-bond acceptors (Lipinski definition) is 3. The maximum absolute atomic E-state index is 13.0. The van der Waals surface area contributed by atoms with Gasteiger partial charge >= 0.3 is 5.97 Å². The monoisotopic (exact) mass is 253 g/mol. The molecule has 18 heavy (non-hydrogen) atoms. The van der Waals surface area contributed by atoms with Crippen LogP contribution in [0, 0.1) is 11.6 Å². The Hall–Kier alpha value is -2.44. The molecule has 94 valence electrons. The largest absolute Gasteiger partial charge is 0.476 e. The lowest BCUT2D eigenvalue weighted by Gasteiger charge is -2.02. The van der Waals surface area contributed by atoms with Gasteiger partial charge in [0.2, 0.25) is 0 Å². The molecule has 0 amide bonds. The summed E-state index contributed by atoms with van der Waals surface area (Å²) >= 11 is 0. The lowest BCUT2D eigenvalue weighted by atomic mass is 10.2. The fourth-order valence-electron chi connectivity index (χ4n) is 1.57. The third-order valence-electron chi connectivity index (χ3n) is 2.26. The van der Waals surface area contributed by atoms with E-state index in [0.29, 0.717) is 5.56 Å². The number of hydrogen-bond donors (Lipinski definition) is 2. The summed E-state index contributed by atoms with van der Waals surface area (Å²) in [6, 6.07) is 3.03. The number of nitrogen functional groups attached to an aromatic ring is 1. The Morgan fingerprint density at radius 3 is 2.44 bits per heavy atom. The van der Waals surface area contributed by atoms with Gasteiger partial charge in [-0.25, -0.2) is 13.6 Å². The predicted octanol–water partition coefficient (Wildman–Crippen LogP) is 1.49. The number of nitrogens with two attached hydrogens (primary N) is 1. The van der Waals surface area contributed by atoms with E-state index in [4.69, 9.17) is 10.8 Å². The second kappa shape index (κ2) is 4.44. The number of rotatable bonds is 3. The van der Waals surface area contributed by atoms with Crippen molar-refractivity contribution in [3.8, 4) is 0 Å². The van der Waals surface area contributed by atoms with Gasteiger partial charge in [0.15, 0.2) is 5.69 Å². The van der Waals surface area contributed by atoms with Crippen LogP contribution >= 0.6 is 0 Å². The lowest BCUT2D eigenvalue weighted by Crippen LogP contribution is -2.05. The molecule has 0 aliphatic rings. The number of carboxylic acids is 1. The Kier molecular flexibility index (Phi) is 2.97. The molecule has 0 unspecified atom stereocenters. The third-order valence-corrected chi connectivity index (χ3v) is 2.26. The summed E-state index contributed by atoms with van der Waals surface area (Å²) in [6.45, 7) is 0.0339. The molecule has 0 atom stereocenters.